The van der Waals surface area contributed by atoms with E-state index < -0.39 is 9.84 Å². The van der Waals surface area contributed by atoms with Crippen LogP contribution in [0.15, 0.2) is 47.4 Å². The van der Waals surface area contributed by atoms with E-state index in [1.165, 1.54) is 12.1 Å². The van der Waals surface area contributed by atoms with E-state index in [1.54, 1.807) is 18.2 Å². The minimum absolute atomic E-state index is 0.0442. The summed E-state index contributed by atoms with van der Waals surface area (Å²) in [4.78, 5) is 0.0959. The fourth-order valence-electron chi connectivity index (χ4n) is 1.84. The van der Waals surface area contributed by atoms with Crippen LogP contribution >= 0.6 is 0 Å². The number of nitrogens with zero attached hydrogens (tertiary/aromatic N) is 1. The van der Waals surface area contributed by atoms with Crippen LogP contribution in [0.2, 0.25) is 0 Å². The second kappa shape index (κ2) is 5.35. The standard InChI is InChI=1S/C15H13NO3S/c1-20(18,19)14-7-6-13(15(17)9-14)8-11-2-4-12(10-16)5-3-11/h2-7,9,17H,8H2,1H3. The van der Waals surface area contributed by atoms with Gasteiger partial charge in [0.05, 0.1) is 16.5 Å². The van der Waals surface area contributed by atoms with Crippen LogP contribution in [0.1, 0.15) is 16.7 Å². The summed E-state index contributed by atoms with van der Waals surface area (Å²) >= 11 is 0. The third-order valence-electron chi connectivity index (χ3n) is 2.96. The summed E-state index contributed by atoms with van der Waals surface area (Å²) in [5.41, 5.74) is 2.15. The summed E-state index contributed by atoms with van der Waals surface area (Å²) in [5, 5.41) is 18.6. The van der Waals surface area contributed by atoms with Gasteiger partial charge in [0.15, 0.2) is 9.84 Å². The van der Waals surface area contributed by atoms with Crippen LogP contribution < -0.4 is 0 Å². The molecule has 0 aliphatic carbocycles. The average Bonchev–Trinajstić information content (AvgIpc) is 2.41. The van der Waals surface area contributed by atoms with Crippen LogP contribution in [0.5, 0.6) is 5.75 Å². The minimum Gasteiger partial charge on any atom is -0.508 e. The molecule has 0 atom stereocenters. The maximum Gasteiger partial charge on any atom is 0.175 e. The van der Waals surface area contributed by atoms with E-state index in [-0.39, 0.29) is 10.6 Å². The molecule has 0 aromatic heterocycles. The first-order valence-corrected chi connectivity index (χ1v) is 7.80. The normalized spacial score (nSPS) is 11.0. The van der Waals surface area contributed by atoms with E-state index in [4.69, 9.17) is 5.26 Å². The Morgan fingerprint density at radius 3 is 2.30 bits per heavy atom. The van der Waals surface area contributed by atoms with Gasteiger partial charge in [-0.1, -0.05) is 18.2 Å². The van der Waals surface area contributed by atoms with Crippen molar-refractivity contribution in [2.24, 2.45) is 0 Å². The molecule has 5 heteroatoms. The lowest BCUT2D eigenvalue weighted by molar-refractivity contribution is 0.467. The zero-order valence-corrected chi connectivity index (χ0v) is 11.7. The molecule has 0 fully saturated rings. The van der Waals surface area contributed by atoms with Gasteiger partial charge in [0, 0.05) is 12.7 Å². The van der Waals surface area contributed by atoms with Gasteiger partial charge in [0.25, 0.3) is 0 Å². The number of nitriles is 1. The van der Waals surface area contributed by atoms with Crippen LogP contribution in [0.4, 0.5) is 0 Å². The summed E-state index contributed by atoms with van der Waals surface area (Å²) in [6.45, 7) is 0. The largest absolute Gasteiger partial charge is 0.508 e. The Bertz CT molecular complexity index is 772. The molecule has 0 spiro atoms. The van der Waals surface area contributed by atoms with Crippen molar-refractivity contribution in [3.05, 3.63) is 59.2 Å². The van der Waals surface area contributed by atoms with Crippen LogP contribution in [0.25, 0.3) is 0 Å². The zero-order valence-electron chi connectivity index (χ0n) is 10.9. The highest BCUT2D eigenvalue weighted by Crippen LogP contribution is 2.24. The summed E-state index contributed by atoms with van der Waals surface area (Å²) in [6.07, 6.45) is 1.57. The summed E-state index contributed by atoms with van der Waals surface area (Å²) in [6, 6.07) is 13.4. The summed E-state index contributed by atoms with van der Waals surface area (Å²) in [7, 11) is -3.32. The highest BCUT2D eigenvalue weighted by atomic mass is 32.2. The number of phenolic OH excluding ortho intramolecular Hbond substituents is 1. The van der Waals surface area contributed by atoms with Crippen molar-refractivity contribution in [2.75, 3.05) is 6.26 Å². The van der Waals surface area contributed by atoms with E-state index in [0.717, 1.165) is 11.8 Å². The molecule has 0 saturated heterocycles. The topological polar surface area (TPSA) is 78.2 Å². The fraction of sp³-hybridized carbons (Fsp3) is 0.133. The zero-order chi connectivity index (χ0) is 14.8. The quantitative estimate of drug-likeness (QED) is 0.939. The number of aromatic hydroxyl groups is 1. The van der Waals surface area contributed by atoms with Gasteiger partial charge in [0.1, 0.15) is 5.75 Å². The van der Waals surface area contributed by atoms with Gasteiger partial charge >= 0.3 is 0 Å². The minimum atomic E-state index is -3.32. The molecular formula is C15H13NO3S. The molecule has 0 saturated carbocycles. The molecule has 0 unspecified atom stereocenters. The van der Waals surface area contributed by atoms with Gasteiger partial charge in [0.2, 0.25) is 0 Å². The molecule has 0 amide bonds. The summed E-state index contributed by atoms with van der Waals surface area (Å²) < 4.78 is 22.8. The van der Waals surface area contributed by atoms with Gasteiger partial charge in [-0.05, 0) is 35.4 Å². The predicted molar refractivity (Wildman–Crippen MR) is 75.2 cm³/mol. The third kappa shape index (κ3) is 3.16. The van der Waals surface area contributed by atoms with Crippen molar-refractivity contribution in [3.8, 4) is 11.8 Å². The molecule has 2 aromatic rings. The molecule has 0 aliphatic heterocycles. The Morgan fingerprint density at radius 1 is 1.15 bits per heavy atom. The summed E-state index contributed by atoms with van der Waals surface area (Å²) in [5.74, 6) is -0.0442. The van der Waals surface area contributed by atoms with E-state index in [0.29, 0.717) is 17.5 Å². The van der Waals surface area contributed by atoms with E-state index in [9.17, 15) is 13.5 Å². The van der Waals surface area contributed by atoms with Crippen molar-refractivity contribution >= 4 is 9.84 Å². The Labute approximate surface area is 117 Å². The van der Waals surface area contributed by atoms with Crippen molar-refractivity contribution in [2.45, 2.75) is 11.3 Å². The van der Waals surface area contributed by atoms with Gasteiger partial charge in [-0.2, -0.15) is 5.26 Å². The monoisotopic (exact) mass is 287 g/mol. The lowest BCUT2D eigenvalue weighted by Gasteiger charge is -2.07. The van der Waals surface area contributed by atoms with E-state index >= 15 is 0 Å². The Morgan fingerprint density at radius 2 is 1.80 bits per heavy atom. The molecule has 2 rings (SSSR count). The lowest BCUT2D eigenvalue weighted by Crippen LogP contribution is -1.98. The number of hydrogen-bond donors (Lipinski definition) is 1. The number of hydrogen-bond acceptors (Lipinski definition) is 4. The Hall–Kier alpha value is -2.32. The maximum atomic E-state index is 11.4. The first kappa shape index (κ1) is 14.1. The van der Waals surface area contributed by atoms with Crippen molar-refractivity contribution in [1.29, 1.82) is 5.26 Å². The molecule has 0 heterocycles. The maximum absolute atomic E-state index is 11.4. The van der Waals surface area contributed by atoms with E-state index in [1.807, 2.05) is 18.2 Å². The lowest BCUT2D eigenvalue weighted by atomic mass is 10.0. The average molecular weight is 287 g/mol. The second-order valence-electron chi connectivity index (χ2n) is 4.55. The first-order valence-electron chi connectivity index (χ1n) is 5.91. The van der Waals surface area contributed by atoms with Gasteiger partial charge in [-0.15, -0.1) is 0 Å². The van der Waals surface area contributed by atoms with Crippen LogP contribution in [-0.4, -0.2) is 19.8 Å². The highest BCUT2D eigenvalue weighted by Gasteiger charge is 2.10. The molecule has 0 aliphatic rings. The molecule has 2 aromatic carbocycles. The predicted octanol–water partition coefficient (Wildman–Crippen LogP) is 2.26. The Kier molecular flexibility index (Phi) is 3.77. The number of benzene rings is 2. The number of phenols is 1. The van der Waals surface area contributed by atoms with Crippen LogP contribution in [0.3, 0.4) is 0 Å². The molecule has 102 valence electrons. The first-order chi connectivity index (χ1) is 9.40. The third-order valence-corrected chi connectivity index (χ3v) is 4.07. The van der Waals surface area contributed by atoms with Gasteiger partial charge in [-0.25, -0.2) is 8.42 Å². The Balaban J connectivity index is 2.28. The van der Waals surface area contributed by atoms with Gasteiger partial charge < -0.3 is 5.11 Å². The molecule has 1 N–H and O–H groups in total. The van der Waals surface area contributed by atoms with Crippen LogP contribution in [-0.2, 0) is 16.3 Å². The van der Waals surface area contributed by atoms with Crippen molar-refractivity contribution in [1.82, 2.24) is 0 Å². The number of rotatable bonds is 3. The smallest absolute Gasteiger partial charge is 0.175 e. The molecule has 20 heavy (non-hydrogen) atoms. The molecule has 0 radical (unpaired) electrons. The second-order valence-corrected chi connectivity index (χ2v) is 6.56. The highest BCUT2D eigenvalue weighted by molar-refractivity contribution is 7.90. The molecular weight excluding hydrogens is 274 g/mol. The molecule has 4 nitrogen and oxygen atoms in total. The molecule has 0 bridgehead atoms. The van der Waals surface area contributed by atoms with E-state index in [2.05, 4.69) is 0 Å². The SMILES string of the molecule is CS(=O)(=O)c1ccc(Cc2ccc(C#N)cc2)c(O)c1. The van der Waals surface area contributed by atoms with Gasteiger partial charge in [-0.3, -0.25) is 0 Å². The number of sulfone groups is 1. The van der Waals surface area contributed by atoms with Crippen molar-refractivity contribution in [3.63, 3.8) is 0 Å². The van der Waals surface area contributed by atoms with Crippen molar-refractivity contribution < 1.29 is 13.5 Å². The van der Waals surface area contributed by atoms with Crippen LogP contribution in [0, 0.1) is 11.3 Å². The fourth-order valence-corrected chi connectivity index (χ4v) is 2.48.